The normalized spacial score (nSPS) is 16.7. The molecule has 0 aromatic heterocycles. The van der Waals surface area contributed by atoms with Crippen LogP contribution in [0.1, 0.15) is 10.4 Å². The van der Waals surface area contributed by atoms with E-state index in [1.807, 2.05) is 4.90 Å². The van der Waals surface area contributed by atoms with Crippen LogP contribution in [0.5, 0.6) is 0 Å². The number of rotatable bonds is 12. The van der Waals surface area contributed by atoms with Crippen LogP contribution in [0.3, 0.4) is 0 Å². The first-order valence-corrected chi connectivity index (χ1v) is 13.2. The number of benzene rings is 1. The molecule has 0 aliphatic carbocycles. The highest BCUT2D eigenvalue weighted by Gasteiger charge is 2.21. The number of nitrogens with two attached hydrogens (primary N) is 2. The van der Waals surface area contributed by atoms with Gasteiger partial charge in [-0.2, -0.15) is 0 Å². The third-order valence-corrected chi connectivity index (χ3v) is 6.35. The predicted octanol–water partition coefficient (Wildman–Crippen LogP) is -2.83. The molecular formula is C25H40N8O8. The number of hydrogen-bond donors (Lipinski definition) is 7. The van der Waals surface area contributed by atoms with Gasteiger partial charge in [0.25, 0.3) is 5.91 Å². The average molecular weight is 581 g/mol. The van der Waals surface area contributed by atoms with Crippen molar-refractivity contribution >= 4 is 41.1 Å². The average Bonchev–Trinajstić information content (AvgIpc) is 2.86. The fourth-order valence-electron chi connectivity index (χ4n) is 4.33. The van der Waals surface area contributed by atoms with Gasteiger partial charge in [-0.15, -0.1) is 0 Å². The lowest BCUT2D eigenvalue weighted by atomic mass is 10.1. The van der Waals surface area contributed by atoms with E-state index in [4.69, 9.17) is 11.5 Å². The van der Waals surface area contributed by atoms with E-state index in [-0.39, 0.29) is 77.3 Å². The molecule has 0 bridgehead atoms. The zero-order valence-corrected chi connectivity index (χ0v) is 23.0. The van der Waals surface area contributed by atoms with Crippen molar-refractivity contribution < 1.29 is 39.3 Å². The Labute approximate surface area is 237 Å². The molecule has 0 radical (unpaired) electrons. The number of amides is 2. The lowest BCUT2D eigenvalue weighted by molar-refractivity contribution is -0.140. The molecule has 1 aromatic carbocycles. The second-order valence-corrected chi connectivity index (χ2v) is 9.78. The number of nitrogens with one attached hydrogen (secondary N) is 2. The summed E-state index contributed by atoms with van der Waals surface area (Å²) in [4.78, 5) is 65.9. The summed E-state index contributed by atoms with van der Waals surface area (Å²) in [7, 11) is 0. The Bertz CT molecular complexity index is 1020. The van der Waals surface area contributed by atoms with E-state index in [0.717, 1.165) is 0 Å². The Balaban J connectivity index is 1.97. The van der Waals surface area contributed by atoms with Crippen LogP contribution in [-0.4, -0.2) is 156 Å². The number of nitrogen functional groups attached to an aromatic ring is 2. The lowest BCUT2D eigenvalue weighted by Gasteiger charge is -2.32. The van der Waals surface area contributed by atoms with Crippen molar-refractivity contribution in [1.82, 2.24) is 30.2 Å². The summed E-state index contributed by atoms with van der Waals surface area (Å²) in [6.45, 7) is 1.97. The van der Waals surface area contributed by atoms with Gasteiger partial charge >= 0.3 is 17.9 Å². The van der Waals surface area contributed by atoms with Crippen LogP contribution in [-0.2, 0) is 19.2 Å². The highest BCUT2D eigenvalue weighted by Crippen LogP contribution is 2.13. The number of carboxylic acid groups (broad SMARTS) is 3. The molecule has 9 N–H and O–H groups in total. The molecule has 1 aromatic rings. The molecule has 0 saturated carbocycles. The van der Waals surface area contributed by atoms with Gasteiger partial charge in [-0.3, -0.25) is 43.6 Å². The lowest BCUT2D eigenvalue weighted by Crippen LogP contribution is -2.50. The minimum absolute atomic E-state index is 0.0212. The molecule has 1 heterocycles. The number of carboxylic acids is 3. The Hall–Kier alpha value is -3.99. The maximum Gasteiger partial charge on any atom is 0.317 e. The van der Waals surface area contributed by atoms with Crippen LogP contribution < -0.4 is 22.1 Å². The van der Waals surface area contributed by atoms with Crippen molar-refractivity contribution in [3.05, 3.63) is 23.8 Å². The van der Waals surface area contributed by atoms with Gasteiger partial charge in [-0.25, -0.2) is 0 Å². The maximum absolute atomic E-state index is 12.7. The van der Waals surface area contributed by atoms with E-state index in [1.54, 1.807) is 14.7 Å². The number of carbonyl (C=O) groups is 5. The Morgan fingerprint density at radius 3 is 1.29 bits per heavy atom. The van der Waals surface area contributed by atoms with Crippen molar-refractivity contribution in [3.63, 3.8) is 0 Å². The third-order valence-electron chi connectivity index (χ3n) is 6.35. The summed E-state index contributed by atoms with van der Waals surface area (Å²) in [6, 6.07) is 4.52. The number of nitrogens with zero attached hydrogens (tertiary/aromatic N) is 4. The minimum atomic E-state index is -1.03. The Morgan fingerprint density at radius 2 is 0.927 bits per heavy atom. The molecule has 41 heavy (non-hydrogen) atoms. The van der Waals surface area contributed by atoms with Gasteiger partial charge < -0.3 is 37.4 Å². The van der Waals surface area contributed by atoms with E-state index in [2.05, 4.69) is 10.6 Å². The van der Waals surface area contributed by atoms with Crippen molar-refractivity contribution in [1.29, 1.82) is 0 Å². The van der Waals surface area contributed by atoms with Gasteiger partial charge in [0, 0.05) is 82.4 Å². The van der Waals surface area contributed by atoms with Crippen LogP contribution in [0.25, 0.3) is 0 Å². The number of anilines is 2. The second-order valence-electron chi connectivity index (χ2n) is 9.78. The number of hydrogen-bond acceptors (Lipinski definition) is 11. The minimum Gasteiger partial charge on any atom is -0.480 e. The van der Waals surface area contributed by atoms with Crippen LogP contribution in [0.2, 0.25) is 0 Å². The molecule has 1 fully saturated rings. The number of aliphatic carboxylic acids is 3. The van der Waals surface area contributed by atoms with Gasteiger partial charge in [0.2, 0.25) is 5.91 Å². The quantitative estimate of drug-likeness (QED) is 0.0975. The molecule has 16 nitrogen and oxygen atoms in total. The molecule has 1 aliphatic heterocycles. The molecule has 2 rings (SSSR count). The van der Waals surface area contributed by atoms with E-state index >= 15 is 0 Å². The zero-order chi connectivity index (χ0) is 30.4. The number of carbonyl (C=O) groups excluding carboxylic acids is 2. The molecule has 0 unspecified atom stereocenters. The van der Waals surface area contributed by atoms with Gasteiger partial charge in [0.1, 0.15) is 0 Å². The highest BCUT2D eigenvalue weighted by molar-refractivity contribution is 5.96. The summed E-state index contributed by atoms with van der Waals surface area (Å²) in [5, 5.41) is 33.3. The molecule has 16 heteroatoms. The summed E-state index contributed by atoms with van der Waals surface area (Å²) in [5.74, 6) is -3.79. The Morgan fingerprint density at radius 1 is 0.585 bits per heavy atom. The summed E-state index contributed by atoms with van der Waals surface area (Å²) >= 11 is 0. The van der Waals surface area contributed by atoms with Gasteiger partial charge in [-0.1, -0.05) is 0 Å². The first-order chi connectivity index (χ1) is 19.4. The van der Waals surface area contributed by atoms with Crippen LogP contribution in [0, 0.1) is 0 Å². The van der Waals surface area contributed by atoms with Crippen molar-refractivity contribution in [2.45, 2.75) is 0 Å². The third kappa shape index (κ3) is 13.8. The van der Waals surface area contributed by atoms with Crippen LogP contribution >= 0.6 is 0 Å². The smallest absolute Gasteiger partial charge is 0.317 e. The fourth-order valence-corrected chi connectivity index (χ4v) is 4.33. The van der Waals surface area contributed by atoms with E-state index in [0.29, 0.717) is 43.1 Å². The van der Waals surface area contributed by atoms with Gasteiger partial charge in [0.05, 0.1) is 26.2 Å². The van der Waals surface area contributed by atoms with Crippen LogP contribution in [0.15, 0.2) is 18.2 Å². The highest BCUT2D eigenvalue weighted by atomic mass is 16.4. The first kappa shape index (κ1) is 33.2. The molecule has 228 valence electrons. The standard InChI is InChI=1S/C25H40N8O8/c26-19-11-18(12-20(27)13-19)25(41)29-2-1-28-21(34)14-30-3-5-31(15-22(35)36)7-9-33(17-24(39)40)10-8-32(6-4-30)16-23(37)38/h11-13H,1-10,14-17,26-27H2,(H,28,34)(H,29,41)(H,35,36)(H,37,38)(H,39,40). The van der Waals surface area contributed by atoms with E-state index in [1.165, 1.54) is 18.2 Å². The molecule has 1 saturated heterocycles. The maximum atomic E-state index is 12.7. The largest absolute Gasteiger partial charge is 0.480 e. The SMILES string of the molecule is Nc1cc(N)cc(C(=O)NCCNC(=O)CN2CCN(CC(=O)O)CCN(CC(=O)O)CCN(CC(=O)O)CC2)c1. The fraction of sp³-hybridized carbons (Fsp3) is 0.560. The topological polar surface area (TPSA) is 235 Å². The molecule has 2 amide bonds. The van der Waals surface area contributed by atoms with Crippen molar-refractivity contribution in [3.8, 4) is 0 Å². The molecule has 0 atom stereocenters. The van der Waals surface area contributed by atoms with Gasteiger partial charge in [-0.05, 0) is 18.2 Å². The van der Waals surface area contributed by atoms with E-state index in [9.17, 15) is 39.3 Å². The Kier molecular flexibility index (Phi) is 13.7. The second kappa shape index (κ2) is 17.0. The van der Waals surface area contributed by atoms with E-state index < -0.39 is 17.9 Å². The van der Waals surface area contributed by atoms with Gasteiger partial charge in [0.15, 0.2) is 0 Å². The first-order valence-electron chi connectivity index (χ1n) is 13.2. The van der Waals surface area contributed by atoms with Crippen LogP contribution in [0.4, 0.5) is 11.4 Å². The summed E-state index contributed by atoms with van der Waals surface area (Å²) < 4.78 is 0. The molecule has 0 spiro atoms. The van der Waals surface area contributed by atoms with Crippen molar-refractivity contribution in [2.75, 3.05) is 103 Å². The summed E-state index contributed by atoms with van der Waals surface area (Å²) in [5.41, 5.74) is 12.4. The van der Waals surface area contributed by atoms with Crippen molar-refractivity contribution in [2.24, 2.45) is 0 Å². The summed E-state index contributed by atoms with van der Waals surface area (Å²) in [6.07, 6.45) is 0. The monoisotopic (exact) mass is 580 g/mol. The zero-order valence-electron chi connectivity index (χ0n) is 23.0. The predicted molar refractivity (Wildman–Crippen MR) is 149 cm³/mol. The molecular weight excluding hydrogens is 540 g/mol. The molecule has 1 aliphatic rings.